The third-order valence-electron chi connectivity index (χ3n) is 4.50. The van der Waals surface area contributed by atoms with E-state index in [4.69, 9.17) is 10.5 Å². The minimum Gasteiger partial charge on any atom is -0.491 e. The van der Waals surface area contributed by atoms with E-state index in [0.717, 1.165) is 30.6 Å². The van der Waals surface area contributed by atoms with E-state index in [1.165, 1.54) is 0 Å². The standard InChI is InChI=1S/C18H27N3O3/c1-3-14-7-4-5-9-16(14)24-12-11-20(2)17(22)15-8-6-10-21(13-15)18(19)23/h4-5,7,9,15H,3,6,8,10-13H2,1-2H3,(H2,19,23)/t15-/m1/s1. The van der Waals surface area contributed by atoms with Crippen molar-refractivity contribution in [2.24, 2.45) is 11.7 Å². The number of urea groups is 1. The first-order valence-electron chi connectivity index (χ1n) is 8.53. The van der Waals surface area contributed by atoms with E-state index in [9.17, 15) is 9.59 Å². The Bertz CT molecular complexity index is 576. The van der Waals surface area contributed by atoms with Gasteiger partial charge < -0.3 is 20.3 Å². The molecule has 0 spiro atoms. The summed E-state index contributed by atoms with van der Waals surface area (Å²) < 4.78 is 5.82. The second-order valence-corrected chi connectivity index (χ2v) is 6.19. The van der Waals surface area contributed by atoms with E-state index in [1.807, 2.05) is 24.3 Å². The number of hydrogen-bond donors (Lipinski definition) is 1. The summed E-state index contributed by atoms with van der Waals surface area (Å²) in [6, 6.07) is 7.49. The molecule has 3 amide bonds. The van der Waals surface area contributed by atoms with Crippen LogP contribution < -0.4 is 10.5 Å². The molecule has 0 bridgehead atoms. The summed E-state index contributed by atoms with van der Waals surface area (Å²) in [4.78, 5) is 27.0. The topological polar surface area (TPSA) is 75.9 Å². The van der Waals surface area contributed by atoms with Crippen LogP contribution in [0.1, 0.15) is 25.3 Å². The number of hydrogen-bond acceptors (Lipinski definition) is 3. The molecule has 132 valence electrons. The highest BCUT2D eigenvalue weighted by Gasteiger charge is 2.29. The molecule has 0 radical (unpaired) electrons. The highest BCUT2D eigenvalue weighted by atomic mass is 16.5. The Morgan fingerprint density at radius 2 is 2.12 bits per heavy atom. The molecule has 1 aromatic carbocycles. The van der Waals surface area contributed by atoms with Gasteiger partial charge in [-0.2, -0.15) is 0 Å². The van der Waals surface area contributed by atoms with Crippen LogP contribution in [-0.4, -0.2) is 55.0 Å². The predicted octanol–water partition coefficient (Wildman–Crippen LogP) is 1.88. The van der Waals surface area contributed by atoms with Crippen molar-refractivity contribution in [3.63, 3.8) is 0 Å². The van der Waals surface area contributed by atoms with Crippen LogP contribution >= 0.6 is 0 Å². The largest absolute Gasteiger partial charge is 0.491 e. The number of ether oxygens (including phenoxy) is 1. The maximum atomic E-state index is 12.5. The fourth-order valence-corrected chi connectivity index (χ4v) is 3.03. The number of benzene rings is 1. The molecule has 24 heavy (non-hydrogen) atoms. The molecule has 1 heterocycles. The molecule has 2 rings (SSSR count). The minimum absolute atomic E-state index is 0.0494. The quantitative estimate of drug-likeness (QED) is 0.863. The van der Waals surface area contributed by atoms with Crippen molar-refractivity contribution in [1.82, 2.24) is 9.80 Å². The Labute approximate surface area is 143 Å². The van der Waals surface area contributed by atoms with Crippen LogP contribution in [-0.2, 0) is 11.2 Å². The Balaban J connectivity index is 1.82. The van der Waals surface area contributed by atoms with Gasteiger partial charge in [-0.25, -0.2) is 4.79 Å². The molecule has 1 aromatic rings. The van der Waals surface area contributed by atoms with Gasteiger partial charge in [-0.05, 0) is 30.9 Å². The molecule has 6 heteroatoms. The molecule has 1 saturated heterocycles. The summed E-state index contributed by atoms with van der Waals surface area (Å²) in [7, 11) is 1.78. The second kappa shape index (κ2) is 8.57. The van der Waals surface area contributed by atoms with Crippen LogP contribution in [0.15, 0.2) is 24.3 Å². The lowest BCUT2D eigenvalue weighted by atomic mass is 9.97. The SMILES string of the molecule is CCc1ccccc1OCCN(C)C(=O)[C@@H]1CCCN(C(N)=O)C1. The van der Waals surface area contributed by atoms with Gasteiger partial charge in [-0.1, -0.05) is 25.1 Å². The molecule has 1 aliphatic heterocycles. The van der Waals surface area contributed by atoms with Gasteiger partial charge in [-0.3, -0.25) is 4.79 Å². The summed E-state index contributed by atoms with van der Waals surface area (Å²) in [5.41, 5.74) is 6.48. The molecule has 0 unspecified atom stereocenters. The van der Waals surface area contributed by atoms with Crippen molar-refractivity contribution in [3.8, 4) is 5.75 Å². The average Bonchev–Trinajstić information content (AvgIpc) is 2.61. The summed E-state index contributed by atoms with van der Waals surface area (Å²) in [5.74, 6) is 0.755. The molecule has 2 N–H and O–H groups in total. The van der Waals surface area contributed by atoms with Gasteiger partial charge in [-0.15, -0.1) is 0 Å². The van der Waals surface area contributed by atoms with E-state index < -0.39 is 6.03 Å². The normalized spacial score (nSPS) is 17.4. The lowest BCUT2D eigenvalue weighted by Gasteiger charge is -2.32. The maximum Gasteiger partial charge on any atom is 0.314 e. The zero-order valence-corrected chi connectivity index (χ0v) is 14.5. The van der Waals surface area contributed by atoms with Crippen molar-refractivity contribution >= 4 is 11.9 Å². The van der Waals surface area contributed by atoms with E-state index in [1.54, 1.807) is 16.8 Å². The van der Waals surface area contributed by atoms with Gasteiger partial charge in [0.05, 0.1) is 12.5 Å². The van der Waals surface area contributed by atoms with Gasteiger partial charge in [0.1, 0.15) is 12.4 Å². The molecular formula is C18H27N3O3. The Kier molecular flexibility index (Phi) is 6.46. The third-order valence-corrected chi connectivity index (χ3v) is 4.50. The fourth-order valence-electron chi connectivity index (χ4n) is 3.03. The number of likely N-dealkylation sites (tertiary alicyclic amines) is 1. The highest BCUT2D eigenvalue weighted by molar-refractivity contribution is 5.80. The zero-order chi connectivity index (χ0) is 17.5. The minimum atomic E-state index is -0.449. The zero-order valence-electron chi connectivity index (χ0n) is 14.5. The van der Waals surface area contributed by atoms with E-state index in [-0.39, 0.29) is 11.8 Å². The van der Waals surface area contributed by atoms with Gasteiger partial charge in [0.2, 0.25) is 5.91 Å². The van der Waals surface area contributed by atoms with Crippen LogP contribution in [0.25, 0.3) is 0 Å². The van der Waals surface area contributed by atoms with Crippen molar-refractivity contribution in [2.75, 3.05) is 33.3 Å². The Morgan fingerprint density at radius 1 is 1.38 bits per heavy atom. The Hall–Kier alpha value is -2.24. The number of primary amides is 1. The molecule has 1 fully saturated rings. The lowest BCUT2D eigenvalue weighted by Crippen LogP contribution is -2.48. The van der Waals surface area contributed by atoms with Crippen molar-refractivity contribution in [2.45, 2.75) is 26.2 Å². The van der Waals surface area contributed by atoms with Crippen LogP contribution in [0.2, 0.25) is 0 Å². The average molecular weight is 333 g/mol. The first-order valence-corrected chi connectivity index (χ1v) is 8.53. The van der Waals surface area contributed by atoms with E-state index >= 15 is 0 Å². The molecule has 0 aliphatic carbocycles. The van der Waals surface area contributed by atoms with Gasteiger partial charge in [0, 0.05) is 20.1 Å². The number of carbonyl (C=O) groups excluding carboxylic acids is 2. The monoisotopic (exact) mass is 333 g/mol. The van der Waals surface area contributed by atoms with Crippen molar-refractivity contribution in [1.29, 1.82) is 0 Å². The number of amides is 3. The molecule has 1 atom stereocenters. The fraction of sp³-hybridized carbons (Fsp3) is 0.556. The number of rotatable bonds is 6. The van der Waals surface area contributed by atoms with Crippen LogP contribution in [0.4, 0.5) is 4.79 Å². The number of likely N-dealkylation sites (N-methyl/N-ethyl adjacent to an activating group) is 1. The van der Waals surface area contributed by atoms with E-state index in [0.29, 0.717) is 26.2 Å². The first kappa shape index (κ1) is 18.1. The van der Waals surface area contributed by atoms with Crippen molar-refractivity contribution in [3.05, 3.63) is 29.8 Å². The van der Waals surface area contributed by atoms with Gasteiger partial charge in [0.15, 0.2) is 0 Å². The summed E-state index contributed by atoms with van der Waals surface area (Å²) in [5, 5.41) is 0. The maximum absolute atomic E-state index is 12.5. The lowest BCUT2D eigenvalue weighted by molar-refractivity contribution is -0.135. The number of piperidine rings is 1. The number of carbonyl (C=O) groups is 2. The number of nitrogens with two attached hydrogens (primary N) is 1. The number of nitrogens with zero attached hydrogens (tertiary/aromatic N) is 2. The predicted molar refractivity (Wildman–Crippen MR) is 92.8 cm³/mol. The number of para-hydroxylation sites is 1. The van der Waals surface area contributed by atoms with Crippen LogP contribution in [0.5, 0.6) is 5.75 Å². The van der Waals surface area contributed by atoms with Crippen LogP contribution in [0, 0.1) is 5.92 Å². The third kappa shape index (κ3) is 4.63. The molecule has 0 saturated carbocycles. The highest BCUT2D eigenvalue weighted by Crippen LogP contribution is 2.20. The number of aryl methyl sites for hydroxylation is 1. The van der Waals surface area contributed by atoms with E-state index in [2.05, 4.69) is 6.92 Å². The molecular weight excluding hydrogens is 306 g/mol. The van der Waals surface area contributed by atoms with Gasteiger partial charge >= 0.3 is 6.03 Å². The summed E-state index contributed by atoms with van der Waals surface area (Å²) in [6.45, 7) is 4.11. The molecule has 1 aliphatic rings. The first-order chi connectivity index (χ1) is 11.5. The summed E-state index contributed by atoms with van der Waals surface area (Å²) >= 11 is 0. The second-order valence-electron chi connectivity index (χ2n) is 6.19. The van der Waals surface area contributed by atoms with Crippen molar-refractivity contribution < 1.29 is 14.3 Å². The Morgan fingerprint density at radius 3 is 2.83 bits per heavy atom. The van der Waals surface area contributed by atoms with Gasteiger partial charge in [0.25, 0.3) is 0 Å². The van der Waals surface area contributed by atoms with Crippen LogP contribution in [0.3, 0.4) is 0 Å². The molecule has 0 aromatic heterocycles. The molecule has 6 nitrogen and oxygen atoms in total. The summed E-state index contributed by atoms with van der Waals surface area (Å²) in [6.07, 6.45) is 2.52. The smallest absolute Gasteiger partial charge is 0.314 e.